The van der Waals surface area contributed by atoms with Gasteiger partial charge in [0.05, 0.1) is 20.3 Å². The van der Waals surface area contributed by atoms with Crippen molar-refractivity contribution in [3.05, 3.63) is 29.8 Å². The molecular weight excluding hydrogens is 498 g/mol. The van der Waals surface area contributed by atoms with E-state index in [0.717, 1.165) is 31.8 Å². The molecule has 1 amide bonds. The summed E-state index contributed by atoms with van der Waals surface area (Å²) in [5, 5.41) is 11.5. The van der Waals surface area contributed by atoms with Crippen molar-refractivity contribution in [3.8, 4) is 11.5 Å². The highest BCUT2D eigenvalue weighted by Crippen LogP contribution is 2.29. The second kappa shape index (κ2) is 19.5. The molecule has 0 spiro atoms. The molecule has 0 heterocycles. The number of ether oxygens (including phenoxy) is 3. The minimum Gasteiger partial charge on any atom is -0.493 e. The van der Waals surface area contributed by atoms with Crippen molar-refractivity contribution in [2.24, 2.45) is 0 Å². The van der Waals surface area contributed by atoms with Gasteiger partial charge >= 0.3 is 20.9 Å². The third-order valence-corrected chi connectivity index (χ3v) is 8.31. The Bertz CT molecular complexity index is 802. The van der Waals surface area contributed by atoms with Crippen LogP contribution in [0.2, 0.25) is 6.04 Å². The molecule has 0 radical (unpaired) electrons. The van der Waals surface area contributed by atoms with Gasteiger partial charge in [0.25, 0.3) is 0 Å². The number of carboxylic acids is 1. The lowest BCUT2D eigenvalue weighted by Gasteiger charge is -2.28. The van der Waals surface area contributed by atoms with E-state index in [1.165, 1.54) is 6.08 Å². The monoisotopic (exact) mass is 541 g/mol. The molecule has 1 aromatic carbocycles. The molecule has 210 valence electrons. The van der Waals surface area contributed by atoms with E-state index in [1.807, 2.05) is 20.8 Å². The van der Waals surface area contributed by atoms with Gasteiger partial charge in [0.2, 0.25) is 0 Å². The van der Waals surface area contributed by atoms with Gasteiger partial charge in [-0.05, 0) is 76.6 Å². The normalized spacial score (nSPS) is 11.5. The molecule has 0 saturated heterocycles. The lowest BCUT2D eigenvalue weighted by Crippen LogP contribution is -2.46. The number of unbranched alkanes of at least 4 members (excludes halogenated alkanes) is 3. The summed E-state index contributed by atoms with van der Waals surface area (Å²) in [5.74, 6) is 0.150. The maximum atomic E-state index is 11.9. The van der Waals surface area contributed by atoms with Gasteiger partial charge in [-0.1, -0.05) is 6.07 Å². The molecule has 0 aliphatic rings. The van der Waals surface area contributed by atoms with E-state index in [1.54, 1.807) is 25.3 Å². The number of rotatable bonds is 21. The standard InChI is InChI=1S/C26H43NO9Si/c1-5-34-37(35-6-2,36-7-3)20-12-17-27-26(30)33-19-11-9-8-10-18-32-24-21-22(14-16-25(28)29)13-15-23(24)31-4/h13-16,21H,5-12,17-20H2,1-4H3,(H,27,30)(H,28,29). The smallest absolute Gasteiger partial charge is 0.493 e. The van der Waals surface area contributed by atoms with Crippen molar-refractivity contribution in [3.63, 3.8) is 0 Å². The zero-order valence-electron chi connectivity index (χ0n) is 22.6. The van der Waals surface area contributed by atoms with Crippen LogP contribution in [0.5, 0.6) is 11.5 Å². The summed E-state index contributed by atoms with van der Waals surface area (Å²) in [4.78, 5) is 22.6. The van der Waals surface area contributed by atoms with E-state index in [4.69, 9.17) is 32.6 Å². The van der Waals surface area contributed by atoms with E-state index in [9.17, 15) is 9.59 Å². The number of hydrogen-bond acceptors (Lipinski definition) is 8. The highest BCUT2D eigenvalue weighted by atomic mass is 28.4. The van der Waals surface area contributed by atoms with Crippen LogP contribution in [0.1, 0.15) is 58.4 Å². The van der Waals surface area contributed by atoms with Crippen LogP contribution in [-0.2, 0) is 22.8 Å². The molecule has 1 rings (SSSR count). The average molecular weight is 542 g/mol. The van der Waals surface area contributed by atoms with Crippen LogP contribution in [-0.4, -0.2) is 72.7 Å². The highest BCUT2D eigenvalue weighted by molar-refractivity contribution is 6.60. The predicted molar refractivity (Wildman–Crippen MR) is 143 cm³/mol. The Balaban J connectivity index is 2.20. The number of carbonyl (C=O) groups excluding carboxylic acids is 1. The Kier molecular flexibility index (Phi) is 17.1. The predicted octanol–water partition coefficient (Wildman–Crippen LogP) is 4.90. The summed E-state index contributed by atoms with van der Waals surface area (Å²) in [6.07, 6.45) is 6.26. The van der Waals surface area contributed by atoms with E-state index in [0.29, 0.717) is 69.1 Å². The van der Waals surface area contributed by atoms with Crippen LogP contribution < -0.4 is 14.8 Å². The molecule has 1 aromatic rings. The van der Waals surface area contributed by atoms with Crippen LogP contribution in [0.25, 0.3) is 6.08 Å². The zero-order valence-corrected chi connectivity index (χ0v) is 23.6. The van der Waals surface area contributed by atoms with Crippen LogP contribution in [0.4, 0.5) is 4.79 Å². The number of carboxylic acid groups (broad SMARTS) is 1. The van der Waals surface area contributed by atoms with Gasteiger partial charge in [0, 0.05) is 38.5 Å². The number of nitrogens with one attached hydrogen (secondary N) is 1. The first-order valence-corrected chi connectivity index (χ1v) is 14.9. The summed E-state index contributed by atoms with van der Waals surface area (Å²) in [6.45, 7) is 8.67. The van der Waals surface area contributed by atoms with Gasteiger partial charge in [-0.3, -0.25) is 0 Å². The molecule has 0 aliphatic heterocycles. The first kappa shape index (κ1) is 32.4. The average Bonchev–Trinajstić information content (AvgIpc) is 2.87. The number of alkyl carbamates (subject to hydrolysis) is 1. The molecule has 0 aromatic heterocycles. The maximum Gasteiger partial charge on any atom is 0.500 e. The molecule has 37 heavy (non-hydrogen) atoms. The van der Waals surface area contributed by atoms with Crippen molar-refractivity contribution >= 4 is 26.9 Å². The van der Waals surface area contributed by atoms with Crippen molar-refractivity contribution in [2.45, 2.75) is 58.9 Å². The van der Waals surface area contributed by atoms with Gasteiger partial charge in [-0.2, -0.15) is 0 Å². The Morgan fingerprint density at radius 2 is 1.57 bits per heavy atom. The van der Waals surface area contributed by atoms with Gasteiger partial charge in [0.1, 0.15) is 0 Å². The number of benzene rings is 1. The van der Waals surface area contributed by atoms with Gasteiger partial charge in [-0.25, -0.2) is 9.59 Å². The second-order valence-corrected chi connectivity index (χ2v) is 10.7. The molecule has 0 bridgehead atoms. The molecule has 2 N–H and O–H groups in total. The van der Waals surface area contributed by atoms with Crippen molar-refractivity contribution in [1.82, 2.24) is 5.32 Å². The Morgan fingerprint density at radius 1 is 0.919 bits per heavy atom. The van der Waals surface area contributed by atoms with Gasteiger partial charge in [0.15, 0.2) is 11.5 Å². The lowest BCUT2D eigenvalue weighted by molar-refractivity contribution is -0.131. The molecule has 10 nitrogen and oxygen atoms in total. The molecule has 0 unspecified atom stereocenters. The Labute approximate surface area is 221 Å². The van der Waals surface area contributed by atoms with Crippen LogP contribution in [0.15, 0.2) is 24.3 Å². The first-order chi connectivity index (χ1) is 17.9. The minimum absolute atomic E-state index is 0.355. The molecule has 0 aliphatic carbocycles. The zero-order chi connectivity index (χ0) is 27.4. The summed E-state index contributed by atoms with van der Waals surface area (Å²) < 4.78 is 33.8. The van der Waals surface area contributed by atoms with E-state index in [2.05, 4.69) is 5.32 Å². The summed E-state index contributed by atoms with van der Waals surface area (Å²) in [6, 6.07) is 5.89. The van der Waals surface area contributed by atoms with Crippen LogP contribution >= 0.6 is 0 Å². The third kappa shape index (κ3) is 14.1. The van der Waals surface area contributed by atoms with Crippen LogP contribution in [0.3, 0.4) is 0 Å². The largest absolute Gasteiger partial charge is 0.500 e. The summed E-state index contributed by atoms with van der Waals surface area (Å²) >= 11 is 0. The number of methoxy groups -OCH3 is 1. The quantitative estimate of drug-likeness (QED) is 0.127. The highest BCUT2D eigenvalue weighted by Gasteiger charge is 2.39. The van der Waals surface area contributed by atoms with Gasteiger partial charge in [-0.15, -0.1) is 0 Å². The van der Waals surface area contributed by atoms with Crippen LogP contribution in [0, 0.1) is 0 Å². The van der Waals surface area contributed by atoms with Crippen molar-refractivity contribution in [1.29, 1.82) is 0 Å². The molecule has 0 atom stereocenters. The fourth-order valence-electron chi connectivity index (χ4n) is 3.53. The number of carbonyl (C=O) groups is 2. The third-order valence-electron chi connectivity index (χ3n) is 5.16. The van der Waals surface area contributed by atoms with E-state index >= 15 is 0 Å². The Morgan fingerprint density at radius 3 is 2.16 bits per heavy atom. The van der Waals surface area contributed by atoms with Crippen molar-refractivity contribution in [2.75, 3.05) is 46.7 Å². The van der Waals surface area contributed by atoms with Gasteiger partial charge < -0.3 is 37.9 Å². The molecular formula is C26H43NO9Si. The second-order valence-electron chi connectivity index (χ2n) is 7.99. The molecule has 11 heteroatoms. The number of aliphatic carboxylic acids is 1. The van der Waals surface area contributed by atoms with Crippen molar-refractivity contribution < 1.29 is 42.2 Å². The lowest BCUT2D eigenvalue weighted by atomic mass is 10.2. The fourth-order valence-corrected chi connectivity index (χ4v) is 6.14. The number of amides is 1. The summed E-state index contributed by atoms with van der Waals surface area (Å²) in [5.41, 5.74) is 0.716. The molecule has 0 saturated carbocycles. The minimum atomic E-state index is -2.69. The number of hydrogen-bond donors (Lipinski definition) is 2. The van der Waals surface area contributed by atoms with E-state index < -0.39 is 20.9 Å². The molecule has 0 fully saturated rings. The maximum absolute atomic E-state index is 11.9. The van der Waals surface area contributed by atoms with E-state index in [-0.39, 0.29) is 0 Å². The first-order valence-electron chi connectivity index (χ1n) is 12.9. The Hall–Kier alpha value is -2.60. The fraction of sp³-hybridized carbons (Fsp3) is 0.615. The summed E-state index contributed by atoms with van der Waals surface area (Å²) in [7, 11) is -1.13. The SMILES string of the molecule is CCO[Si](CCCNC(=O)OCCCCCCOc1cc(C=CC(=O)O)ccc1OC)(OCC)OCC. The topological polar surface area (TPSA) is 122 Å².